The Bertz CT molecular complexity index is 1380. The minimum atomic E-state index is 1.04. The highest BCUT2D eigenvalue weighted by molar-refractivity contribution is 5.99. The fraction of sp³-hybridized carbons (Fsp3) is 0.214. The molecule has 0 bridgehead atoms. The lowest BCUT2D eigenvalue weighted by molar-refractivity contribution is -0.689. The second kappa shape index (κ2) is 6.37. The number of hydrogen-bond acceptors (Lipinski definition) is 0. The summed E-state index contributed by atoms with van der Waals surface area (Å²) in [5, 5.41) is 2.66. The molecule has 4 heterocycles. The van der Waals surface area contributed by atoms with Gasteiger partial charge in [0.05, 0.1) is 16.5 Å². The molecular formula is C28H26N2+2. The van der Waals surface area contributed by atoms with Crippen LogP contribution >= 0.6 is 0 Å². The molecule has 2 aromatic heterocycles. The van der Waals surface area contributed by atoms with Gasteiger partial charge in [-0.25, -0.2) is 0 Å². The lowest BCUT2D eigenvalue weighted by Gasteiger charge is -2.27. The molecule has 6 rings (SSSR count). The molecule has 2 aromatic carbocycles. The van der Waals surface area contributed by atoms with Gasteiger partial charge in [-0.3, -0.25) is 0 Å². The van der Waals surface area contributed by atoms with E-state index in [9.17, 15) is 0 Å². The summed E-state index contributed by atoms with van der Waals surface area (Å²) in [6, 6.07) is 15.6. The molecule has 0 saturated carbocycles. The van der Waals surface area contributed by atoms with Crippen LogP contribution in [0.3, 0.4) is 0 Å². The molecule has 0 atom stereocenters. The van der Waals surface area contributed by atoms with Crippen LogP contribution in [0.1, 0.15) is 27.8 Å². The molecule has 0 fully saturated rings. The van der Waals surface area contributed by atoms with Gasteiger partial charge in [0.25, 0.3) is 0 Å². The van der Waals surface area contributed by atoms with Crippen molar-refractivity contribution in [3.8, 4) is 22.5 Å². The Kier molecular flexibility index (Phi) is 3.73. The molecular weight excluding hydrogens is 364 g/mol. The molecule has 0 N–H and O–H groups in total. The molecule has 0 aliphatic carbocycles. The van der Waals surface area contributed by atoms with E-state index >= 15 is 0 Å². The number of fused-ring (bicyclic) bond motifs is 9. The summed E-state index contributed by atoms with van der Waals surface area (Å²) in [5.74, 6) is 0. The standard InChI is InChI=1S/C28H26N2/c1-4-20-9-13-29-15-11-22-18(2)19(3)23-12-16-30-14-10-21-7-5-6-8-24(21)28(30)27(23)26(22)25(29)17-20/h4-10,13-14,17H,1,11-12,15-16H2,2-3H3/q+2. The zero-order valence-electron chi connectivity index (χ0n) is 17.7. The van der Waals surface area contributed by atoms with Gasteiger partial charge in [0.1, 0.15) is 0 Å². The normalized spacial score (nSPS) is 13.9. The van der Waals surface area contributed by atoms with E-state index in [1.54, 1.807) is 0 Å². The van der Waals surface area contributed by atoms with Crippen LogP contribution in [0, 0.1) is 13.8 Å². The van der Waals surface area contributed by atoms with Crippen LogP contribution in [0.5, 0.6) is 0 Å². The van der Waals surface area contributed by atoms with E-state index in [1.807, 2.05) is 6.08 Å². The zero-order valence-corrected chi connectivity index (χ0v) is 17.7. The van der Waals surface area contributed by atoms with Gasteiger partial charge in [-0.1, -0.05) is 30.9 Å². The van der Waals surface area contributed by atoms with Crippen LogP contribution in [0.15, 0.2) is 61.4 Å². The predicted octanol–water partition coefficient (Wildman–Crippen LogP) is 5.12. The van der Waals surface area contributed by atoms with Crippen molar-refractivity contribution in [3.05, 3.63) is 89.3 Å². The number of aryl methyl sites for hydroxylation is 2. The Morgan fingerprint density at radius 2 is 1.53 bits per heavy atom. The van der Waals surface area contributed by atoms with Crippen LogP contribution in [0.25, 0.3) is 39.4 Å². The van der Waals surface area contributed by atoms with E-state index in [0.29, 0.717) is 0 Å². The maximum Gasteiger partial charge on any atom is 0.221 e. The third kappa shape index (κ3) is 2.31. The molecule has 146 valence electrons. The Morgan fingerprint density at radius 3 is 2.33 bits per heavy atom. The van der Waals surface area contributed by atoms with Gasteiger partial charge < -0.3 is 0 Å². The number of hydrogen-bond donors (Lipinski definition) is 0. The van der Waals surface area contributed by atoms with Crippen molar-refractivity contribution < 1.29 is 9.13 Å². The highest BCUT2D eigenvalue weighted by atomic mass is 15.0. The first kappa shape index (κ1) is 17.6. The molecule has 0 radical (unpaired) electrons. The van der Waals surface area contributed by atoms with E-state index in [2.05, 4.69) is 84.4 Å². The van der Waals surface area contributed by atoms with Crippen molar-refractivity contribution in [2.24, 2.45) is 0 Å². The molecule has 0 saturated heterocycles. The monoisotopic (exact) mass is 390 g/mol. The number of rotatable bonds is 1. The summed E-state index contributed by atoms with van der Waals surface area (Å²) in [7, 11) is 0. The topological polar surface area (TPSA) is 7.76 Å². The smallest absolute Gasteiger partial charge is 0.198 e. The van der Waals surface area contributed by atoms with Crippen LogP contribution < -0.4 is 9.13 Å². The largest absolute Gasteiger partial charge is 0.221 e. The second-order valence-electron chi connectivity index (χ2n) is 8.64. The Morgan fingerprint density at radius 1 is 0.833 bits per heavy atom. The first-order valence-corrected chi connectivity index (χ1v) is 10.9. The molecule has 30 heavy (non-hydrogen) atoms. The zero-order chi connectivity index (χ0) is 20.4. The predicted molar refractivity (Wildman–Crippen MR) is 122 cm³/mol. The highest BCUT2D eigenvalue weighted by Gasteiger charge is 2.37. The summed E-state index contributed by atoms with van der Waals surface area (Å²) in [4.78, 5) is 0. The number of benzene rings is 2. The summed E-state index contributed by atoms with van der Waals surface area (Å²) >= 11 is 0. The molecule has 0 amide bonds. The summed E-state index contributed by atoms with van der Waals surface area (Å²) in [6.07, 6.45) is 8.65. The van der Waals surface area contributed by atoms with E-state index < -0.39 is 0 Å². The fourth-order valence-corrected chi connectivity index (χ4v) is 5.57. The molecule has 0 spiro atoms. The van der Waals surface area contributed by atoms with Crippen molar-refractivity contribution in [1.29, 1.82) is 0 Å². The van der Waals surface area contributed by atoms with Gasteiger partial charge in [0.2, 0.25) is 11.4 Å². The maximum atomic E-state index is 4.02. The molecule has 4 aromatic rings. The SMILES string of the molecule is C=Cc1cc[n+]2c(c1)-c1c(c(C)c(C)c3c1-c1c4ccccc4cc[n+]1CC3)CC2. The Balaban J connectivity index is 1.81. The van der Waals surface area contributed by atoms with Gasteiger partial charge >= 0.3 is 0 Å². The van der Waals surface area contributed by atoms with E-state index in [1.165, 1.54) is 61.1 Å². The minimum absolute atomic E-state index is 1.04. The molecule has 2 aliphatic rings. The van der Waals surface area contributed by atoms with E-state index in [0.717, 1.165) is 25.9 Å². The van der Waals surface area contributed by atoms with Crippen molar-refractivity contribution in [1.82, 2.24) is 0 Å². The van der Waals surface area contributed by atoms with Crippen molar-refractivity contribution in [3.63, 3.8) is 0 Å². The number of aromatic nitrogens is 2. The van der Waals surface area contributed by atoms with E-state index in [4.69, 9.17) is 0 Å². The molecule has 0 unspecified atom stereocenters. The third-order valence-electron chi connectivity index (χ3n) is 7.25. The summed E-state index contributed by atoms with van der Waals surface area (Å²) < 4.78 is 4.89. The van der Waals surface area contributed by atoms with Crippen molar-refractivity contribution in [2.75, 3.05) is 0 Å². The number of nitrogens with zero attached hydrogens (tertiary/aromatic N) is 2. The molecule has 2 nitrogen and oxygen atoms in total. The molecule has 2 aliphatic heterocycles. The first-order chi connectivity index (χ1) is 14.7. The van der Waals surface area contributed by atoms with Crippen molar-refractivity contribution in [2.45, 2.75) is 39.8 Å². The minimum Gasteiger partial charge on any atom is -0.198 e. The lowest BCUT2D eigenvalue weighted by Crippen LogP contribution is -2.43. The third-order valence-corrected chi connectivity index (χ3v) is 7.25. The van der Waals surface area contributed by atoms with Gasteiger partial charge in [-0.2, -0.15) is 9.13 Å². The van der Waals surface area contributed by atoms with Crippen LogP contribution in [0.4, 0.5) is 0 Å². The van der Waals surface area contributed by atoms with Crippen LogP contribution in [-0.2, 0) is 25.9 Å². The first-order valence-electron chi connectivity index (χ1n) is 10.9. The highest BCUT2D eigenvalue weighted by Crippen LogP contribution is 2.44. The summed E-state index contributed by atoms with van der Waals surface area (Å²) in [5.41, 5.74) is 12.8. The maximum absolute atomic E-state index is 4.02. The Labute approximate surface area is 177 Å². The van der Waals surface area contributed by atoms with Crippen LogP contribution in [0.2, 0.25) is 0 Å². The Hall–Kier alpha value is -3.26. The van der Waals surface area contributed by atoms with Gasteiger partial charge in [-0.05, 0) is 53.1 Å². The van der Waals surface area contributed by atoms with Crippen molar-refractivity contribution >= 4 is 16.8 Å². The van der Waals surface area contributed by atoms with Gasteiger partial charge in [0.15, 0.2) is 25.5 Å². The average Bonchev–Trinajstić information content (AvgIpc) is 2.80. The lowest BCUT2D eigenvalue weighted by atomic mass is 9.79. The number of pyridine rings is 2. The second-order valence-corrected chi connectivity index (χ2v) is 8.64. The van der Waals surface area contributed by atoms with E-state index in [-0.39, 0.29) is 0 Å². The quantitative estimate of drug-likeness (QED) is 0.399. The summed E-state index contributed by atoms with van der Waals surface area (Å²) in [6.45, 7) is 10.8. The van der Waals surface area contributed by atoms with Gasteiger partial charge in [-0.15, -0.1) is 0 Å². The van der Waals surface area contributed by atoms with Gasteiger partial charge in [0, 0.05) is 31.0 Å². The fourth-order valence-electron chi connectivity index (χ4n) is 5.57. The molecule has 2 heteroatoms. The average molecular weight is 391 g/mol. The van der Waals surface area contributed by atoms with Crippen LogP contribution in [-0.4, -0.2) is 0 Å².